The van der Waals surface area contributed by atoms with Gasteiger partial charge >= 0.3 is 0 Å². The maximum atomic E-state index is 2.38. The van der Waals surface area contributed by atoms with Gasteiger partial charge in [0.05, 0.1) is 0 Å². The Bertz CT molecular complexity index is 230. The lowest BCUT2D eigenvalue weighted by Gasteiger charge is -2.01. The zero-order valence-electron chi connectivity index (χ0n) is 7.39. The molecule has 0 unspecified atom stereocenters. The van der Waals surface area contributed by atoms with Crippen LogP contribution < -0.4 is 0 Å². The van der Waals surface area contributed by atoms with Gasteiger partial charge in [-0.3, -0.25) is 0 Å². The summed E-state index contributed by atoms with van der Waals surface area (Å²) in [6.07, 6.45) is 6.10. The lowest BCUT2D eigenvalue weighted by molar-refractivity contribution is 0.790. The molecule has 0 saturated heterocycles. The fourth-order valence-corrected chi connectivity index (χ4v) is 1.71. The normalized spacial score (nSPS) is 10.2. The van der Waals surface area contributed by atoms with Crippen molar-refractivity contribution in [3.8, 4) is 0 Å². The molecule has 65 valence electrons. The first-order valence-corrected chi connectivity index (χ1v) is 5.50. The Morgan fingerprint density at radius 3 is 2.75 bits per heavy atom. The molecule has 0 aliphatic carbocycles. The first-order valence-electron chi connectivity index (χ1n) is 4.42. The molecule has 0 aliphatic rings. The number of unbranched alkanes of at least 4 members (excludes halogenated alkanes) is 2. The van der Waals surface area contributed by atoms with Crippen LogP contribution in [0.4, 0.5) is 0 Å². The highest BCUT2D eigenvalue weighted by Gasteiger charge is 1.96. The van der Waals surface area contributed by atoms with E-state index in [2.05, 4.69) is 60.2 Å². The molecule has 0 fully saturated rings. The third-order valence-corrected chi connectivity index (χ3v) is 2.81. The van der Waals surface area contributed by atoms with Gasteiger partial charge in [-0.25, -0.2) is 0 Å². The summed E-state index contributed by atoms with van der Waals surface area (Å²) in [6, 6.07) is 8.51. The molecule has 0 saturated carbocycles. The molecule has 1 aromatic rings. The van der Waals surface area contributed by atoms with Crippen LogP contribution in [0.3, 0.4) is 0 Å². The Hall–Kier alpha value is -0.0500. The maximum absolute atomic E-state index is 2.38. The van der Waals surface area contributed by atoms with Gasteiger partial charge in [0.25, 0.3) is 0 Å². The summed E-state index contributed by atoms with van der Waals surface area (Å²) in [7, 11) is 0. The van der Waals surface area contributed by atoms with Crippen LogP contribution >= 0.6 is 22.6 Å². The van der Waals surface area contributed by atoms with Crippen molar-refractivity contribution in [3.63, 3.8) is 0 Å². The van der Waals surface area contributed by atoms with Crippen LogP contribution in [-0.2, 0) is 0 Å². The number of benzene rings is 1. The van der Waals surface area contributed by atoms with Gasteiger partial charge < -0.3 is 0 Å². The average molecular weight is 273 g/mol. The van der Waals surface area contributed by atoms with Crippen LogP contribution in [0.1, 0.15) is 31.7 Å². The molecule has 0 aromatic heterocycles. The highest BCUT2D eigenvalue weighted by molar-refractivity contribution is 14.1. The molecule has 0 N–H and O–H groups in total. The van der Waals surface area contributed by atoms with Crippen molar-refractivity contribution in [2.75, 3.05) is 0 Å². The Morgan fingerprint density at radius 1 is 1.33 bits per heavy atom. The summed E-state index contributed by atoms with van der Waals surface area (Å²) in [5.74, 6) is 0. The van der Waals surface area contributed by atoms with E-state index in [1.54, 1.807) is 0 Å². The Kier molecular flexibility index (Phi) is 4.66. The molecule has 0 atom stereocenters. The van der Waals surface area contributed by atoms with E-state index in [9.17, 15) is 0 Å². The van der Waals surface area contributed by atoms with Gasteiger partial charge in [-0.2, -0.15) is 0 Å². The number of hydrogen-bond acceptors (Lipinski definition) is 0. The van der Waals surface area contributed by atoms with E-state index in [1.807, 2.05) is 0 Å². The first-order chi connectivity index (χ1) is 5.84. The summed E-state index contributed by atoms with van der Waals surface area (Å²) in [5, 5.41) is 0. The predicted molar refractivity (Wildman–Crippen MR) is 62.1 cm³/mol. The Labute approximate surface area is 88.5 Å². The molecule has 0 aliphatic heterocycles. The lowest BCUT2D eigenvalue weighted by Crippen LogP contribution is -1.85. The van der Waals surface area contributed by atoms with Gasteiger partial charge in [0, 0.05) is 3.57 Å². The topological polar surface area (TPSA) is 0 Å². The molecule has 12 heavy (non-hydrogen) atoms. The standard InChI is InChI=1S/C11H14I/c1-2-3-4-7-10-8-5-6-9-11(10)12/h5-9H,2-4H2,1H3. The number of halogens is 1. The number of rotatable bonds is 4. The van der Waals surface area contributed by atoms with Crippen LogP contribution in [0.2, 0.25) is 0 Å². The van der Waals surface area contributed by atoms with Gasteiger partial charge in [-0.05, 0) is 47.1 Å². The van der Waals surface area contributed by atoms with Crippen molar-refractivity contribution in [1.29, 1.82) is 0 Å². The van der Waals surface area contributed by atoms with Crippen molar-refractivity contribution in [2.45, 2.75) is 26.2 Å². The summed E-state index contributed by atoms with van der Waals surface area (Å²) in [5.41, 5.74) is 1.38. The van der Waals surface area contributed by atoms with Crippen LogP contribution in [0.15, 0.2) is 24.3 Å². The fraction of sp³-hybridized carbons (Fsp3) is 0.364. The Morgan fingerprint density at radius 2 is 2.08 bits per heavy atom. The second-order valence-corrected chi connectivity index (χ2v) is 4.03. The van der Waals surface area contributed by atoms with E-state index < -0.39 is 0 Å². The van der Waals surface area contributed by atoms with E-state index in [0.29, 0.717) is 0 Å². The van der Waals surface area contributed by atoms with Crippen LogP contribution in [0.25, 0.3) is 0 Å². The quantitative estimate of drug-likeness (QED) is 0.574. The van der Waals surface area contributed by atoms with Gasteiger partial charge in [-0.1, -0.05) is 38.0 Å². The minimum absolute atomic E-state index is 1.20. The molecule has 0 bridgehead atoms. The van der Waals surface area contributed by atoms with E-state index in [4.69, 9.17) is 0 Å². The predicted octanol–water partition coefficient (Wildman–Crippen LogP) is 4.03. The summed E-state index contributed by atoms with van der Waals surface area (Å²) >= 11 is 2.38. The minimum atomic E-state index is 1.20. The van der Waals surface area contributed by atoms with Crippen molar-refractivity contribution in [2.24, 2.45) is 0 Å². The summed E-state index contributed by atoms with van der Waals surface area (Å²) < 4.78 is 1.35. The molecule has 0 amide bonds. The van der Waals surface area contributed by atoms with Gasteiger partial charge in [0.1, 0.15) is 0 Å². The van der Waals surface area contributed by atoms with Gasteiger partial charge in [0.2, 0.25) is 0 Å². The van der Waals surface area contributed by atoms with Crippen molar-refractivity contribution in [3.05, 3.63) is 39.8 Å². The van der Waals surface area contributed by atoms with Crippen molar-refractivity contribution in [1.82, 2.24) is 0 Å². The first kappa shape index (κ1) is 10.0. The summed E-state index contributed by atoms with van der Waals surface area (Å²) in [4.78, 5) is 0. The van der Waals surface area contributed by atoms with Crippen LogP contribution in [0, 0.1) is 9.99 Å². The second-order valence-electron chi connectivity index (χ2n) is 2.87. The number of hydrogen-bond donors (Lipinski definition) is 0. The summed E-state index contributed by atoms with van der Waals surface area (Å²) in [6.45, 7) is 2.23. The van der Waals surface area contributed by atoms with E-state index in [-0.39, 0.29) is 0 Å². The molecule has 1 aromatic carbocycles. The van der Waals surface area contributed by atoms with E-state index >= 15 is 0 Å². The monoisotopic (exact) mass is 273 g/mol. The molecule has 1 heteroatoms. The molecule has 0 spiro atoms. The largest absolute Gasteiger partial charge is 0.0654 e. The average Bonchev–Trinajstić information content (AvgIpc) is 2.09. The molecule has 1 rings (SSSR count). The van der Waals surface area contributed by atoms with Crippen LogP contribution in [-0.4, -0.2) is 0 Å². The SMILES string of the molecule is CCCC[CH]c1ccccc1I. The molecular formula is C11H14I. The molecule has 0 nitrogen and oxygen atoms in total. The van der Waals surface area contributed by atoms with Gasteiger partial charge in [0.15, 0.2) is 0 Å². The second kappa shape index (κ2) is 5.57. The lowest BCUT2D eigenvalue weighted by atomic mass is 10.1. The molecular weight excluding hydrogens is 259 g/mol. The molecule has 1 radical (unpaired) electrons. The van der Waals surface area contributed by atoms with E-state index in [1.165, 1.54) is 28.4 Å². The fourth-order valence-electron chi connectivity index (χ4n) is 1.10. The minimum Gasteiger partial charge on any atom is -0.0654 e. The highest BCUT2D eigenvalue weighted by Crippen LogP contribution is 2.15. The third-order valence-electron chi connectivity index (χ3n) is 1.83. The smallest absolute Gasteiger partial charge is 0.0165 e. The highest BCUT2D eigenvalue weighted by atomic mass is 127. The third kappa shape index (κ3) is 3.13. The zero-order chi connectivity index (χ0) is 8.81. The van der Waals surface area contributed by atoms with E-state index in [0.717, 1.165) is 0 Å². The van der Waals surface area contributed by atoms with Crippen molar-refractivity contribution < 1.29 is 0 Å². The van der Waals surface area contributed by atoms with Crippen LogP contribution in [0.5, 0.6) is 0 Å². The zero-order valence-corrected chi connectivity index (χ0v) is 9.54. The maximum Gasteiger partial charge on any atom is 0.0165 e. The van der Waals surface area contributed by atoms with Crippen molar-refractivity contribution >= 4 is 22.6 Å². The molecule has 0 heterocycles. The van der Waals surface area contributed by atoms with Gasteiger partial charge in [-0.15, -0.1) is 0 Å². The Balaban J connectivity index is 2.46.